The van der Waals surface area contributed by atoms with Crippen LogP contribution in [0, 0.1) is 0 Å². The number of hydrogen-bond acceptors (Lipinski definition) is 5. The number of imidazole rings is 1. The summed E-state index contributed by atoms with van der Waals surface area (Å²) in [6.45, 7) is 8.41. The van der Waals surface area contributed by atoms with E-state index in [0.29, 0.717) is 35.0 Å². The van der Waals surface area contributed by atoms with Crippen molar-refractivity contribution in [2.45, 2.75) is 33.2 Å². The first-order valence-electron chi connectivity index (χ1n) is 11.3. The Bertz CT molecular complexity index is 1090. The lowest BCUT2D eigenvalue weighted by Crippen LogP contribution is -2.31. The Balaban J connectivity index is 1.80. The molecule has 0 bridgehead atoms. The summed E-state index contributed by atoms with van der Waals surface area (Å²) in [7, 11) is 1.35. The molecule has 7 nitrogen and oxygen atoms in total. The van der Waals surface area contributed by atoms with E-state index in [2.05, 4.69) is 29.0 Å². The van der Waals surface area contributed by atoms with Crippen molar-refractivity contribution >= 4 is 34.5 Å². The van der Waals surface area contributed by atoms with Crippen LogP contribution < -0.4 is 5.32 Å². The van der Waals surface area contributed by atoms with Gasteiger partial charge in [-0.1, -0.05) is 37.6 Å². The van der Waals surface area contributed by atoms with Gasteiger partial charge in [0.25, 0.3) is 0 Å². The van der Waals surface area contributed by atoms with E-state index in [1.807, 2.05) is 34.9 Å². The van der Waals surface area contributed by atoms with Crippen molar-refractivity contribution in [2.24, 2.45) is 0 Å². The predicted molar refractivity (Wildman–Crippen MR) is 131 cm³/mol. The van der Waals surface area contributed by atoms with Gasteiger partial charge in [-0.05, 0) is 62.0 Å². The molecule has 1 amide bonds. The molecule has 1 heterocycles. The molecule has 0 saturated heterocycles. The number of halogens is 1. The van der Waals surface area contributed by atoms with Crippen LogP contribution in [0.15, 0.2) is 42.5 Å². The van der Waals surface area contributed by atoms with Crippen LogP contribution in [0.4, 0.5) is 0 Å². The number of esters is 1. The zero-order valence-corrected chi connectivity index (χ0v) is 20.2. The maximum absolute atomic E-state index is 12.7. The summed E-state index contributed by atoms with van der Waals surface area (Å²) >= 11 is 6.03. The fraction of sp³-hybridized carbons (Fsp3) is 0.400. The minimum absolute atomic E-state index is 0.0737. The second-order valence-corrected chi connectivity index (χ2v) is 8.28. The van der Waals surface area contributed by atoms with E-state index >= 15 is 0 Å². The number of nitrogens with one attached hydrogen (secondary N) is 1. The molecule has 1 N–H and O–H groups in total. The summed E-state index contributed by atoms with van der Waals surface area (Å²) < 4.78 is 6.84. The zero-order chi connectivity index (χ0) is 23.8. The van der Waals surface area contributed by atoms with E-state index in [1.54, 1.807) is 12.1 Å². The molecule has 0 spiro atoms. The highest BCUT2D eigenvalue weighted by Gasteiger charge is 2.17. The quantitative estimate of drug-likeness (QED) is 0.339. The van der Waals surface area contributed by atoms with Crippen molar-refractivity contribution in [1.82, 2.24) is 19.8 Å². The molecule has 0 unspecified atom stereocenters. The number of fused-ring (bicyclic) bond motifs is 1. The molecule has 0 aliphatic heterocycles. The van der Waals surface area contributed by atoms with Gasteiger partial charge >= 0.3 is 5.97 Å². The van der Waals surface area contributed by atoms with Gasteiger partial charge in [0, 0.05) is 18.1 Å². The van der Waals surface area contributed by atoms with Crippen LogP contribution in [0.1, 0.15) is 42.0 Å². The van der Waals surface area contributed by atoms with Crippen LogP contribution in [-0.4, -0.2) is 59.6 Å². The molecule has 0 aliphatic rings. The zero-order valence-electron chi connectivity index (χ0n) is 19.4. The highest BCUT2D eigenvalue weighted by Crippen LogP contribution is 2.21. The Labute approximate surface area is 199 Å². The molecular weight excluding hydrogens is 440 g/mol. The lowest BCUT2D eigenvalue weighted by molar-refractivity contribution is -0.120. The monoisotopic (exact) mass is 470 g/mol. The highest BCUT2D eigenvalue weighted by atomic mass is 35.5. The highest BCUT2D eigenvalue weighted by molar-refractivity contribution is 6.30. The van der Waals surface area contributed by atoms with Crippen molar-refractivity contribution in [3.05, 3.63) is 64.4 Å². The number of carbonyl (C=O) groups excluding carboxylic acids is 2. The predicted octanol–water partition coefficient (Wildman–Crippen LogP) is 3.92. The number of benzene rings is 2. The topological polar surface area (TPSA) is 76.5 Å². The minimum Gasteiger partial charge on any atom is -0.465 e. The first-order chi connectivity index (χ1) is 15.9. The van der Waals surface area contributed by atoms with Gasteiger partial charge in [0.2, 0.25) is 5.91 Å². The smallest absolute Gasteiger partial charge is 0.337 e. The van der Waals surface area contributed by atoms with E-state index in [0.717, 1.165) is 37.1 Å². The Hall–Kier alpha value is -2.90. The Morgan fingerprint density at radius 2 is 1.85 bits per heavy atom. The van der Waals surface area contributed by atoms with Crippen LogP contribution in [0.25, 0.3) is 11.0 Å². The summed E-state index contributed by atoms with van der Waals surface area (Å²) in [5, 5.41) is 3.67. The molecule has 8 heteroatoms. The Morgan fingerprint density at radius 3 is 2.52 bits per heavy atom. The van der Waals surface area contributed by atoms with Gasteiger partial charge in [-0.3, -0.25) is 4.79 Å². The van der Waals surface area contributed by atoms with Gasteiger partial charge < -0.3 is 19.5 Å². The third-order valence-electron chi connectivity index (χ3n) is 5.69. The number of carbonyl (C=O) groups is 2. The molecule has 0 aliphatic carbocycles. The van der Waals surface area contributed by atoms with Crippen LogP contribution in [0.5, 0.6) is 0 Å². The number of aromatic nitrogens is 2. The fourth-order valence-electron chi connectivity index (χ4n) is 3.78. The summed E-state index contributed by atoms with van der Waals surface area (Å²) in [6.07, 6.45) is 1.05. The summed E-state index contributed by atoms with van der Waals surface area (Å²) in [5.74, 6) is 0.148. The van der Waals surface area contributed by atoms with Crippen LogP contribution >= 0.6 is 11.6 Å². The third-order valence-corrected chi connectivity index (χ3v) is 5.94. The lowest BCUT2D eigenvalue weighted by Gasteiger charge is -2.17. The molecule has 0 fully saturated rings. The van der Waals surface area contributed by atoms with Gasteiger partial charge in [-0.25, -0.2) is 9.78 Å². The first-order valence-corrected chi connectivity index (χ1v) is 11.6. The third kappa shape index (κ3) is 6.55. The molecule has 0 saturated carbocycles. The van der Waals surface area contributed by atoms with Gasteiger partial charge in [0.05, 0.1) is 30.1 Å². The number of nitrogens with zero attached hydrogens (tertiary/aromatic N) is 3. The standard InChI is InChI=1S/C25H31ClN4O3/c1-4-29(5-2)14-6-13-27-24(31)16-23-28-21-15-19(25(32)33-3)9-12-22(21)30(23)17-18-7-10-20(26)11-8-18/h7-12,15H,4-6,13-14,16-17H2,1-3H3,(H,27,31). The van der Waals surface area contributed by atoms with Crippen LogP contribution in [0.2, 0.25) is 5.02 Å². The second kappa shape index (κ2) is 11.8. The molecule has 33 heavy (non-hydrogen) atoms. The SMILES string of the molecule is CCN(CC)CCCNC(=O)Cc1nc2cc(C(=O)OC)ccc2n1Cc1ccc(Cl)cc1. The van der Waals surface area contributed by atoms with Crippen LogP contribution in [0.3, 0.4) is 0 Å². The molecule has 0 atom stereocenters. The molecule has 3 aromatic rings. The van der Waals surface area contributed by atoms with E-state index < -0.39 is 5.97 Å². The second-order valence-electron chi connectivity index (χ2n) is 7.84. The van der Waals surface area contributed by atoms with Crippen molar-refractivity contribution in [3.8, 4) is 0 Å². The van der Waals surface area contributed by atoms with E-state index in [1.165, 1.54) is 7.11 Å². The van der Waals surface area contributed by atoms with E-state index in [4.69, 9.17) is 16.3 Å². The van der Waals surface area contributed by atoms with Crippen molar-refractivity contribution in [2.75, 3.05) is 33.3 Å². The van der Waals surface area contributed by atoms with Gasteiger partial charge in [0.15, 0.2) is 0 Å². The molecule has 0 radical (unpaired) electrons. The number of methoxy groups -OCH3 is 1. The lowest BCUT2D eigenvalue weighted by atomic mass is 10.2. The van der Waals surface area contributed by atoms with Crippen molar-refractivity contribution in [3.63, 3.8) is 0 Å². The number of amides is 1. The number of ether oxygens (including phenoxy) is 1. The summed E-state index contributed by atoms with van der Waals surface area (Å²) in [5.41, 5.74) is 2.96. The number of hydrogen-bond donors (Lipinski definition) is 1. The summed E-state index contributed by atoms with van der Waals surface area (Å²) in [4.78, 5) is 31.6. The summed E-state index contributed by atoms with van der Waals surface area (Å²) in [6, 6.07) is 12.8. The van der Waals surface area contributed by atoms with E-state index in [-0.39, 0.29) is 12.3 Å². The van der Waals surface area contributed by atoms with Crippen LogP contribution in [-0.2, 0) is 22.5 Å². The molecular formula is C25H31ClN4O3. The molecule has 2 aromatic carbocycles. The first kappa shape index (κ1) is 24.7. The molecule has 176 valence electrons. The Morgan fingerprint density at radius 1 is 1.12 bits per heavy atom. The normalized spacial score (nSPS) is 11.2. The average Bonchev–Trinajstić information content (AvgIpc) is 3.15. The maximum Gasteiger partial charge on any atom is 0.337 e. The van der Waals surface area contributed by atoms with Crippen molar-refractivity contribution in [1.29, 1.82) is 0 Å². The van der Waals surface area contributed by atoms with Gasteiger partial charge in [0.1, 0.15) is 5.82 Å². The minimum atomic E-state index is -0.420. The van der Waals surface area contributed by atoms with Gasteiger partial charge in [-0.15, -0.1) is 0 Å². The Kier molecular flexibility index (Phi) is 8.86. The van der Waals surface area contributed by atoms with Gasteiger partial charge in [-0.2, -0.15) is 0 Å². The maximum atomic E-state index is 12.7. The molecule has 1 aromatic heterocycles. The van der Waals surface area contributed by atoms with E-state index in [9.17, 15) is 9.59 Å². The average molecular weight is 471 g/mol. The fourth-order valence-corrected chi connectivity index (χ4v) is 3.91. The van der Waals surface area contributed by atoms with Crippen molar-refractivity contribution < 1.29 is 14.3 Å². The number of rotatable bonds is 11. The molecule has 3 rings (SSSR count). The largest absolute Gasteiger partial charge is 0.465 e.